The van der Waals surface area contributed by atoms with Crippen molar-refractivity contribution in [2.45, 2.75) is 26.7 Å². The van der Waals surface area contributed by atoms with Crippen LogP contribution in [-0.2, 0) is 0 Å². The first-order valence-corrected chi connectivity index (χ1v) is 8.01. The van der Waals surface area contributed by atoms with Crippen molar-refractivity contribution in [1.29, 1.82) is 0 Å². The first-order chi connectivity index (χ1) is 9.06. The van der Waals surface area contributed by atoms with E-state index in [0.29, 0.717) is 5.92 Å². The van der Waals surface area contributed by atoms with Gasteiger partial charge in [-0.3, -0.25) is 4.79 Å². The van der Waals surface area contributed by atoms with Crippen LogP contribution < -0.4 is 5.32 Å². The Morgan fingerprint density at radius 1 is 1.53 bits per heavy atom. The third-order valence-corrected chi connectivity index (χ3v) is 5.52. The topological polar surface area (TPSA) is 42.0 Å². The maximum atomic E-state index is 12.2. The third-order valence-electron chi connectivity index (χ3n) is 3.38. The summed E-state index contributed by atoms with van der Waals surface area (Å²) in [6.45, 7) is 4.83. The number of rotatable bonds is 3. The minimum absolute atomic E-state index is 0.0128. The summed E-state index contributed by atoms with van der Waals surface area (Å²) in [5.74, 6) is 0.707. The summed E-state index contributed by atoms with van der Waals surface area (Å²) in [6, 6.07) is 2.05. The second kappa shape index (κ2) is 4.87. The number of aromatic nitrogens is 1. The first-order valence-electron chi connectivity index (χ1n) is 6.40. The lowest BCUT2D eigenvalue weighted by Gasteiger charge is -2.02. The Morgan fingerprint density at radius 2 is 2.26 bits per heavy atom. The fraction of sp³-hybridized carbons (Fsp3) is 0.429. The Morgan fingerprint density at radius 3 is 2.95 bits per heavy atom. The molecule has 0 aromatic carbocycles. The number of halogens is 1. The van der Waals surface area contributed by atoms with Crippen molar-refractivity contribution in [3.05, 3.63) is 26.7 Å². The van der Waals surface area contributed by atoms with Gasteiger partial charge >= 0.3 is 0 Å². The molecule has 2 aromatic rings. The number of amides is 1. The van der Waals surface area contributed by atoms with Gasteiger partial charge in [0.2, 0.25) is 0 Å². The molecule has 2 heterocycles. The van der Waals surface area contributed by atoms with E-state index in [2.05, 4.69) is 33.2 Å². The molecule has 1 amide bonds. The van der Waals surface area contributed by atoms with E-state index >= 15 is 0 Å². The third kappa shape index (κ3) is 2.54. The summed E-state index contributed by atoms with van der Waals surface area (Å²) in [5.41, 5.74) is 2.15. The molecule has 2 aromatic heterocycles. The lowest BCUT2D eigenvalue weighted by atomic mass is 10.2. The molecule has 0 radical (unpaired) electrons. The largest absolute Gasteiger partial charge is 0.351 e. The fourth-order valence-corrected chi connectivity index (χ4v) is 4.34. The molecular formula is C14H15BrN2OS. The highest BCUT2D eigenvalue weighted by Crippen LogP contribution is 2.37. The number of thiophene rings is 1. The maximum absolute atomic E-state index is 12.2. The van der Waals surface area contributed by atoms with Crippen LogP contribution in [0.5, 0.6) is 0 Å². The van der Waals surface area contributed by atoms with Gasteiger partial charge in [0.1, 0.15) is 9.71 Å². The molecule has 1 saturated carbocycles. The van der Waals surface area contributed by atoms with Crippen molar-refractivity contribution in [3.63, 3.8) is 0 Å². The Hall–Kier alpha value is -0.940. The Kier molecular flexibility index (Phi) is 3.35. The predicted molar refractivity (Wildman–Crippen MR) is 81.9 cm³/mol. The zero-order chi connectivity index (χ0) is 13.6. The quantitative estimate of drug-likeness (QED) is 0.924. The predicted octanol–water partition coefficient (Wildman–Crippen LogP) is 3.82. The fourth-order valence-electron chi connectivity index (χ4n) is 2.18. The molecule has 0 aliphatic heterocycles. The number of hydrogen-bond acceptors (Lipinski definition) is 3. The Bertz CT molecular complexity index is 661. The standard InChI is InChI=1S/C14H15BrN2OS/c1-7-5-8(2)17-14-10(7)11(15)12(19-14)13(18)16-6-9-3-4-9/h5,9H,3-4,6H2,1-2H3,(H,16,18). The molecule has 3 nitrogen and oxygen atoms in total. The van der Waals surface area contributed by atoms with Gasteiger partial charge in [-0.05, 0) is 60.2 Å². The highest BCUT2D eigenvalue weighted by molar-refractivity contribution is 9.10. The summed E-state index contributed by atoms with van der Waals surface area (Å²) >= 11 is 5.02. The molecule has 19 heavy (non-hydrogen) atoms. The van der Waals surface area contributed by atoms with Crippen molar-refractivity contribution < 1.29 is 4.79 Å². The molecular weight excluding hydrogens is 324 g/mol. The molecule has 1 fully saturated rings. The first kappa shape index (κ1) is 13.1. The van der Waals surface area contributed by atoms with Crippen molar-refractivity contribution in [1.82, 2.24) is 10.3 Å². The van der Waals surface area contributed by atoms with Gasteiger partial charge in [-0.25, -0.2) is 4.98 Å². The molecule has 0 spiro atoms. The average Bonchev–Trinajstić information content (AvgIpc) is 3.10. The van der Waals surface area contributed by atoms with Crippen molar-refractivity contribution >= 4 is 43.4 Å². The number of hydrogen-bond donors (Lipinski definition) is 1. The molecule has 0 atom stereocenters. The summed E-state index contributed by atoms with van der Waals surface area (Å²) in [4.78, 5) is 18.4. The monoisotopic (exact) mass is 338 g/mol. The van der Waals surface area contributed by atoms with Gasteiger partial charge in [0, 0.05) is 17.6 Å². The summed E-state index contributed by atoms with van der Waals surface area (Å²) in [7, 11) is 0. The zero-order valence-corrected chi connectivity index (χ0v) is 13.3. The van der Waals surface area contributed by atoms with Crippen LogP contribution in [0.15, 0.2) is 10.5 Å². The number of pyridine rings is 1. The highest BCUT2D eigenvalue weighted by atomic mass is 79.9. The van der Waals surface area contributed by atoms with E-state index < -0.39 is 0 Å². The van der Waals surface area contributed by atoms with Gasteiger partial charge in [-0.15, -0.1) is 11.3 Å². The van der Waals surface area contributed by atoms with Gasteiger partial charge in [0.15, 0.2) is 0 Å². The van der Waals surface area contributed by atoms with E-state index in [1.165, 1.54) is 24.2 Å². The van der Waals surface area contributed by atoms with Crippen LogP contribution in [0.2, 0.25) is 0 Å². The van der Waals surface area contributed by atoms with E-state index in [1.807, 2.05) is 13.0 Å². The summed E-state index contributed by atoms with van der Waals surface area (Å²) < 4.78 is 0.880. The number of carbonyl (C=O) groups excluding carboxylic acids is 1. The number of aryl methyl sites for hydroxylation is 2. The number of fused-ring (bicyclic) bond motifs is 1. The maximum Gasteiger partial charge on any atom is 0.262 e. The minimum Gasteiger partial charge on any atom is -0.351 e. The van der Waals surface area contributed by atoms with Crippen molar-refractivity contribution in [3.8, 4) is 0 Å². The Balaban J connectivity index is 1.96. The average molecular weight is 339 g/mol. The molecule has 0 unspecified atom stereocenters. The summed E-state index contributed by atoms with van der Waals surface area (Å²) in [5, 5.41) is 4.07. The van der Waals surface area contributed by atoms with Gasteiger partial charge < -0.3 is 5.32 Å². The minimum atomic E-state index is 0.0128. The van der Waals surface area contributed by atoms with Crippen LogP contribution in [0.25, 0.3) is 10.2 Å². The molecule has 5 heteroatoms. The second-order valence-corrected chi connectivity index (χ2v) is 6.95. The van der Waals surface area contributed by atoms with Gasteiger partial charge in [-0.1, -0.05) is 0 Å². The zero-order valence-electron chi connectivity index (χ0n) is 10.9. The van der Waals surface area contributed by atoms with Crippen molar-refractivity contribution in [2.75, 3.05) is 6.54 Å². The number of nitrogens with zero attached hydrogens (tertiary/aromatic N) is 1. The molecule has 1 N–H and O–H groups in total. The lowest BCUT2D eigenvalue weighted by Crippen LogP contribution is -2.24. The van der Waals surface area contributed by atoms with Gasteiger partial charge in [0.25, 0.3) is 5.91 Å². The van der Waals surface area contributed by atoms with Crippen LogP contribution in [0.3, 0.4) is 0 Å². The van der Waals surface area contributed by atoms with E-state index in [-0.39, 0.29) is 5.91 Å². The highest BCUT2D eigenvalue weighted by Gasteiger charge is 2.24. The van der Waals surface area contributed by atoms with Crippen LogP contribution >= 0.6 is 27.3 Å². The smallest absolute Gasteiger partial charge is 0.262 e. The van der Waals surface area contributed by atoms with Gasteiger partial charge in [0.05, 0.1) is 4.47 Å². The molecule has 1 aliphatic carbocycles. The molecule has 0 bridgehead atoms. The van der Waals surface area contributed by atoms with Crippen LogP contribution in [0.4, 0.5) is 0 Å². The summed E-state index contributed by atoms with van der Waals surface area (Å²) in [6.07, 6.45) is 2.49. The SMILES string of the molecule is Cc1cc(C)c2c(Br)c(C(=O)NCC3CC3)sc2n1. The molecule has 100 valence electrons. The van der Waals surface area contributed by atoms with Gasteiger partial charge in [-0.2, -0.15) is 0 Å². The number of carbonyl (C=O) groups is 1. The molecule has 1 aliphatic rings. The lowest BCUT2D eigenvalue weighted by molar-refractivity contribution is 0.0955. The van der Waals surface area contributed by atoms with Crippen LogP contribution in [0.1, 0.15) is 33.8 Å². The second-order valence-electron chi connectivity index (χ2n) is 5.16. The van der Waals surface area contributed by atoms with Crippen LogP contribution in [0, 0.1) is 19.8 Å². The van der Waals surface area contributed by atoms with E-state index in [4.69, 9.17) is 0 Å². The Labute approximate surface area is 124 Å². The molecule has 3 rings (SSSR count). The molecule has 0 saturated heterocycles. The number of nitrogens with one attached hydrogen (secondary N) is 1. The normalized spacial score (nSPS) is 14.9. The van der Waals surface area contributed by atoms with Crippen LogP contribution in [-0.4, -0.2) is 17.4 Å². The van der Waals surface area contributed by atoms with E-state index in [9.17, 15) is 4.79 Å². The van der Waals surface area contributed by atoms with Crippen molar-refractivity contribution in [2.24, 2.45) is 5.92 Å². The van der Waals surface area contributed by atoms with E-state index in [1.54, 1.807) is 0 Å². The van der Waals surface area contributed by atoms with E-state index in [0.717, 1.165) is 37.4 Å².